The molecule has 4 aromatic carbocycles. The maximum absolute atomic E-state index is 6.42. The van der Waals surface area contributed by atoms with Crippen molar-refractivity contribution in [2.75, 3.05) is 0 Å². The van der Waals surface area contributed by atoms with Gasteiger partial charge in [0.05, 0.1) is 11.0 Å². The zero-order valence-electron chi connectivity index (χ0n) is 30.5. The minimum absolute atomic E-state index is 0.340. The van der Waals surface area contributed by atoms with Crippen molar-refractivity contribution in [3.63, 3.8) is 0 Å². The van der Waals surface area contributed by atoms with E-state index in [-0.39, 0.29) is 0 Å². The van der Waals surface area contributed by atoms with Crippen molar-refractivity contribution in [2.24, 2.45) is 11.8 Å². The number of pyridine rings is 2. The first kappa shape index (κ1) is 34.4. The van der Waals surface area contributed by atoms with Crippen LogP contribution in [-0.2, 0) is 0 Å². The minimum atomic E-state index is 0.340. The third-order valence-corrected chi connectivity index (χ3v) is 9.19. The molecule has 4 heterocycles. The Hall–Kier alpha value is -6.74. The monoisotopic (exact) mass is 713 g/mol. The van der Waals surface area contributed by atoms with Crippen LogP contribution in [0.25, 0.3) is 27.8 Å². The molecule has 0 spiro atoms. The van der Waals surface area contributed by atoms with E-state index in [2.05, 4.69) is 54.4 Å². The maximum Gasteiger partial charge on any atom is 0.234 e. The molecule has 54 heavy (non-hydrogen) atoms. The second-order valence-corrected chi connectivity index (χ2v) is 13.7. The lowest BCUT2D eigenvalue weighted by Crippen LogP contribution is -2.14. The molecule has 0 aliphatic heterocycles. The summed E-state index contributed by atoms with van der Waals surface area (Å²) < 4.78 is 26.8. The molecule has 9 heteroatoms. The van der Waals surface area contributed by atoms with E-state index in [1.165, 1.54) is 0 Å². The van der Waals surface area contributed by atoms with E-state index >= 15 is 0 Å². The number of nitrogens with zero attached hydrogens (tertiary/aromatic N) is 5. The highest BCUT2D eigenvalue weighted by Gasteiger charge is 2.22. The number of benzene rings is 4. The van der Waals surface area contributed by atoms with Crippen LogP contribution in [0.15, 0.2) is 146 Å². The minimum Gasteiger partial charge on any atom is -0.457 e. The Morgan fingerprint density at radius 3 is 1.31 bits per heavy atom. The summed E-state index contributed by atoms with van der Waals surface area (Å²) in [6, 6.07) is 38.2. The molecular formula is C45H39N5O4. The fraction of sp³-hybridized carbons (Fsp3) is 0.156. The average molecular weight is 714 g/mol. The number of ether oxygens (including phenoxy) is 4. The summed E-state index contributed by atoms with van der Waals surface area (Å²) >= 11 is 0. The third kappa shape index (κ3) is 7.43. The molecule has 0 saturated carbocycles. The Morgan fingerprint density at radius 1 is 0.444 bits per heavy atom. The SMILES string of the molecule is CC(C)C(c1cnc(-n2c3cc(Oc4cccc(Oc5ccccn5)c4)ccc3c3ccc(Oc4cccc(Oc5ccccn5)c4)cc32)nc1)C(C)C. The van der Waals surface area contributed by atoms with Crippen LogP contribution >= 0.6 is 0 Å². The van der Waals surface area contributed by atoms with Gasteiger partial charge in [-0.05, 0) is 84.0 Å². The maximum atomic E-state index is 6.42. The summed E-state index contributed by atoms with van der Waals surface area (Å²) in [4.78, 5) is 18.5. The zero-order valence-corrected chi connectivity index (χ0v) is 30.5. The predicted molar refractivity (Wildman–Crippen MR) is 210 cm³/mol. The Bertz CT molecular complexity index is 2370. The van der Waals surface area contributed by atoms with Crippen molar-refractivity contribution in [3.8, 4) is 52.2 Å². The van der Waals surface area contributed by atoms with Gasteiger partial charge < -0.3 is 18.9 Å². The van der Waals surface area contributed by atoms with Gasteiger partial charge >= 0.3 is 0 Å². The molecule has 4 aromatic heterocycles. The van der Waals surface area contributed by atoms with Gasteiger partial charge in [0.15, 0.2) is 0 Å². The average Bonchev–Trinajstić information content (AvgIpc) is 3.49. The van der Waals surface area contributed by atoms with Crippen molar-refractivity contribution < 1.29 is 18.9 Å². The van der Waals surface area contributed by atoms with Gasteiger partial charge in [-0.25, -0.2) is 19.9 Å². The van der Waals surface area contributed by atoms with Gasteiger partial charge in [-0.3, -0.25) is 4.57 Å². The summed E-state index contributed by atoms with van der Waals surface area (Å²) in [7, 11) is 0. The van der Waals surface area contributed by atoms with E-state index in [9.17, 15) is 0 Å². The summed E-state index contributed by atoms with van der Waals surface area (Å²) in [6.45, 7) is 8.98. The highest BCUT2D eigenvalue weighted by molar-refractivity contribution is 6.09. The first-order valence-corrected chi connectivity index (χ1v) is 18.0. The highest BCUT2D eigenvalue weighted by Crippen LogP contribution is 2.39. The Labute approximate surface area is 313 Å². The topological polar surface area (TPSA) is 93.4 Å². The van der Waals surface area contributed by atoms with Crippen LogP contribution in [0.1, 0.15) is 39.2 Å². The molecule has 0 atom stereocenters. The first-order chi connectivity index (χ1) is 26.4. The second kappa shape index (κ2) is 15.1. The number of fused-ring (bicyclic) bond motifs is 3. The molecule has 0 unspecified atom stereocenters. The Morgan fingerprint density at radius 2 is 0.889 bits per heavy atom. The second-order valence-electron chi connectivity index (χ2n) is 13.7. The molecular weight excluding hydrogens is 675 g/mol. The van der Waals surface area contributed by atoms with Crippen molar-refractivity contribution in [1.82, 2.24) is 24.5 Å². The fourth-order valence-corrected chi connectivity index (χ4v) is 7.01. The van der Waals surface area contributed by atoms with E-state index in [1.807, 2.05) is 122 Å². The highest BCUT2D eigenvalue weighted by atomic mass is 16.5. The van der Waals surface area contributed by atoms with Gasteiger partial charge in [-0.15, -0.1) is 0 Å². The van der Waals surface area contributed by atoms with Crippen molar-refractivity contribution >= 4 is 21.8 Å². The van der Waals surface area contributed by atoms with E-state index < -0.39 is 0 Å². The van der Waals surface area contributed by atoms with E-state index in [0.717, 1.165) is 27.4 Å². The standard InChI is InChI=1S/C45H39N5O4/c1-29(2)44(30(3)4)31-27-48-45(49-28-31)50-40-25-36(51-32-11-9-13-34(23-32)53-42-15-5-7-21-46-42)17-19-38(40)39-20-18-37(26-41(39)50)52-33-12-10-14-35(24-33)54-43-16-6-8-22-47-43/h5-30,44H,1-4H3. The molecule has 0 bridgehead atoms. The first-order valence-electron chi connectivity index (χ1n) is 18.0. The van der Waals surface area contributed by atoms with E-state index in [4.69, 9.17) is 28.9 Å². The summed E-state index contributed by atoms with van der Waals surface area (Å²) in [5.41, 5.74) is 2.91. The van der Waals surface area contributed by atoms with Gasteiger partial charge in [-0.2, -0.15) is 0 Å². The fourth-order valence-electron chi connectivity index (χ4n) is 7.01. The van der Waals surface area contributed by atoms with Crippen LogP contribution in [0.3, 0.4) is 0 Å². The number of aromatic nitrogens is 5. The summed E-state index contributed by atoms with van der Waals surface area (Å²) in [5, 5.41) is 2.05. The largest absolute Gasteiger partial charge is 0.457 e. The number of hydrogen-bond donors (Lipinski definition) is 0. The van der Waals surface area contributed by atoms with Crippen molar-refractivity contribution in [2.45, 2.75) is 33.6 Å². The van der Waals surface area contributed by atoms with Crippen LogP contribution in [0.2, 0.25) is 0 Å². The van der Waals surface area contributed by atoms with E-state index in [0.29, 0.717) is 70.0 Å². The van der Waals surface area contributed by atoms with E-state index in [1.54, 1.807) is 12.4 Å². The van der Waals surface area contributed by atoms with Crippen molar-refractivity contribution in [1.29, 1.82) is 0 Å². The molecule has 0 aliphatic rings. The predicted octanol–water partition coefficient (Wildman–Crippen LogP) is 11.9. The Balaban J connectivity index is 1.17. The number of hydrogen-bond acceptors (Lipinski definition) is 8. The molecule has 0 amide bonds. The lowest BCUT2D eigenvalue weighted by Gasteiger charge is -2.24. The molecule has 0 fully saturated rings. The van der Waals surface area contributed by atoms with Gasteiger partial charge in [0.2, 0.25) is 17.7 Å². The zero-order chi connectivity index (χ0) is 37.0. The molecule has 8 rings (SSSR count). The number of rotatable bonds is 12. The summed E-state index contributed by atoms with van der Waals surface area (Å²) in [6.07, 6.45) is 7.32. The Kier molecular flexibility index (Phi) is 9.60. The van der Waals surface area contributed by atoms with Gasteiger partial charge in [-0.1, -0.05) is 52.0 Å². The van der Waals surface area contributed by atoms with Gasteiger partial charge in [0.1, 0.15) is 34.5 Å². The lowest BCUT2D eigenvalue weighted by molar-refractivity contribution is 0.386. The van der Waals surface area contributed by atoms with Crippen LogP contribution < -0.4 is 18.9 Å². The van der Waals surface area contributed by atoms with Crippen LogP contribution in [0, 0.1) is 11.8 Å². The molecule has 9 nitrogen and oxygen atoms in total. The summed E-state index contributed by atoms with van der Waals surface area (Å²) in [5.74, 6) is 6.62. The van der Waals surface area contributed by atoms with Crippen molar-refractivity contribution in [3.05, 3.63) is 152 Å². The molecule has 268 valence electrons. The van der Waals surface area contributed by atoms with Crippen LogP contribution in [-0.4, -0.2) is 24.5 Å². The smallest absolute Gasteiger partial charge is 0.234 e. The quantitative estimate of drug-likeness (QED) is 0.123. The molecule has 0 N–H and O–H groups in total. The van der Waals surface area contributed by atoms with Gasteiger partial charge in [0.25, 0.3) is 0 Å². The van der Waals surface area contributed by atoms with Crippen LogP contribution in [0.5, 0.6) is 46.3 Å². The van der Waals surface area contributed by atoms with Crippen LogP contribution in [0.4, 0.5) is 0 Å². The molecule has 0 radical (unpaired) electrons. The normalized spacial score (nSPS) is 11.5. The molecule has 0 aliphatic carbocycles. The molecule has 8 aromatic rings. The third-order valence-electron chi connectivity index (χ3n) is 9.19. The van der Waals surface area contributed by atoms with Gasteiger partial charge in [0, 0.05) is 72.0 Å². The molecule has 0 saturated heterocycles. The lowest BCUT2D eigenvalue weighted by atomic mass is 9.81.